The molecule has 2 aromatic rings. The fourth-order valence-electron chi connectivity index (χ4n) is 6.38. The van der Waals surface area contributed by atoms with Crippen molar-refractivity contribution in [3.05, 3.63) is 57.5 Å². The minimum absolute atomic E-state index is 0.122. The summed E-state index contributed by atoms with van der Waals surface area (Å²) >= 11 is 0. The molecule has 2 heterocycles. The van der Waals surface area contributed by atoms with Gasteiger partial charge in [-0.15, -0.1) is 0 Å². The van der Waals surface area contributed by atoms with Crippen LogP contribution in [0.2, 0.25) is 0 Å². The number of hydrogen-bond acceptors (Lipinski definition) is 5. The van der Waals surface area contributed by atoms with E-state index in [1.165, 1.54) is 12.8 Å². The summed E-state index contributed by atoms with van der Waals surface area (Å²) in [5.41, 5.74) is 8.92. The second kappa shape index (κ2) is 10.6. The molecule has 1 amide bonds. The van der Waals surface area contributed by atoms with E-state index in [0.29, 0.717) is 36.2 Å². The summed E-state index contributed by atoms with van der Waals surface area (Å²) in [6.45, 7) is 7.00. The van der Waals surface area contributed by atoms with Gasteiger partial charge in [0.2, 0.25) is 0 Å². The summed E-state index contributed by atoms with van der Waals surface area (Å²) < 4.78 is 0. The maximum atomic E-state index is 13.1. The number of carbonyl (C=O) groups excluding carboxylic acids is 1. The smallest absolute Gasteiger partial charge is 0.261 e. The molecule has 0 spiro atoms. The van der Waals surface area contributed by atoms with Crippen LogP contribution in [0.3, 0.4) is 0 Å². The molecule has 37 heavy (non-hydrogen) atoms. The zero-order chi connectivity index (χ0) is 26.0. The first-order chi connectivity index (χ1) is 17.9. The van der Waals surface area contributed by atoms with Crippen LogP contribution in [0.5, 0.6) is 0 Å². The molecule has 5 rings (SSSR count). The van der Waals surface area contributed by atoms with Gasteiger partial charge in [0, 0.05) is 30.0 Å². The normalized spacial score (nSPS) is 24.7. The van der Waals surface area contributed by atoms with Gasteiger partial charge < -0.3 is 20.9 Å². The molecular formula is C29H38N6O2. The van der Waals surface area contributed by atoms with Crippen LogP contribution in [-0.4, -0.2) is 46.5 Å². The van der Waals surface area contributed by atoms with Crippen molar-refractivity contribution < 1.29 is 4.79 Å². The third-order valence-electron chi connectivity index (χ3n) is 8.58. The Morgan fingerprint density at radius 3 is 2.70 bits per heavy atom. The van der Waals surface area contributed by atoms with E-state index in [-0.39, 0.29) is 17.4 Å². The van der Waals surface area contributed by atoms with E-state index < -0.39 is 5.54 Å². The Kier molecular flexibility index (Phi) is 7.29. The lowest BCUT2D eigenvalue weighted by atomic mass is 9.82. The van der Waals surface area contributed by atoms with Crippen LogP contribution in [0.1, 0.15) is 86.2 Å². The van der Waals surface area contributed by atoms with Crippen molar-refractivity contribution in [2.45, 2.75) is 82.8 Å². The SMILES string of the molecule is C=Nc1cc[nH]c(=O)c1C(=N[C@@]1(C)CCCCC[C@H]1CN)Nc1ccc2c(c1)CN(C1CCCC1)C2=O. The number of aromatic amines is 1. The molecule has 0 unspecified atom stereocenters. The number of H-pyrrole nitrogens is 1. The summed E-state index contributed by atoms with van der Waals surface area (Å²) in [6.07, 6.45) is 11.4. The maximum absolute atomic E-state index is 13.1. The van der Waals surface area contributed by atoms with Gasteiger partial charge in [-0.05, 0) is 81.6 Å². The second-order valence-electron chi connectivity index (χ2n) is 10.9. The lowest BCUT2D eigenvalue weighted by molar-refractivity contribution is 0.0707. The number of aromatic nitrogens is 1. The number of aliphatic imine (C=N–C) groups is 2. The minimum atomic E-state index is -0.416. The highest BCUT2D eigenvalue weighted by atomic mass is 16.2. The van der Waals surface area contributed by atoms with E-state index in [1.54, 1.807) is 12.3 Å². The minimum Gasteiger partial charge on any atom is -0.340 e. The molecule has 8 heteroatoms. The van der Waals surface area contributed by atoms with Crippen LogP contribution in [0.15, 0.2) is 45.2 Å². The lowest BCUT2D eigenvalue weighted by Crippen LogP contribution is -2.39. The summed E-state index contributed by atoms with van der Waals surface area (Å²) in [5.74, 6) is 0.799. The number of fused-ring (bicyclic) bond motifs is 1. The van der Waals surface area contributed by atoms with Gasteiger partial charge in [0.15, 0.2) is 0 Å². The Labute approximate surface area is 218 Å². The molecule has 0 radical (unpaired) electrons. The molecule has 8 nitrogen and oxygen atoms in total. The van der Waals surface area contributed by atoms with E-state index in [9.17, 15) is 9.59 Å². The van der Waals surface area contributed by atoms with Crippen LogP contribution in [0.25, 0.3) is 0 Å². The topological polar surface area (TPSA) is 116 Å². The first-order valence-electron chi connectivity index (χ1n) is 13.6. The summed E-state index contributed by atoms with van der Waals surface area (Å²) in [5, 5.41) is 3.45. The number of pyridine rings is 1. The number of amides is 1. The van der Waals surface area contributed by atoms with Crippen LogP contribution in [0, 0.1) is 5.92 Å². The predicted octanol–water partition coefficient (Wildman–Crippen LogP) is 4.76. The summed E-state index contributed by atoms with van der Waals surface area (Å²) in [7, 11) is 0. The Balaban J connectivity index is 1.53. The highest BCUT2D eigenvalue weighted by Crippen LogP contribution is 2.37. The quantitative estimate of drug-likeness (QED) is 0.300. The summed E-state index contributed by atoms with van der Waals surface area (Å²) in [6, 6.07) is 7.88. The molecule has 2 atom stereocenters. The van der Waals surface area contributed by atoms with Gasteiger partial charge in [0.1, 0.15) is 11.4 Å². The van der Waals surface area contributed by atoms with Crippen molar-refractivity contribution in [3.8, 4) is 0 Å². The molecule has 1 aromatic heterocycles. The zero-order valence-corrected chi connectivity index (χ0v) is 21.8. The van der Waals surface area contributed by atoms with Crippen molar-refractivity contribution >= 4 is 29.8 Å². The van der Waals surface area contributed by atoms with Crippen LogP contribution >= 0.6 is 0 Å². The van der Waals surface area contributed by atoms with E-state index in [4.69, 9.17) is 10.7 Å². The Morgan fingerprint density at radius 1 is 1.16 bits per heavy atom. The molecule has 1 aromatic carbocycles. The zero-order valence-electron chi connectivity index (χ0n) is 21.8. The molecule has 4 N–H and O–H groups in total. The van der Waals surface area contributed by atoms with E-state index >= 15 is 0 Å². The fourth-order valence-corrected chi connectivity index (χ4v) is 6.38. The Hall–Kier alpha value is -3.26. The van der Waals surface area contributed by atoms with Crippen molar-refractivity contribution in [3.63, 3.8) is 0 Å². The van der Waals surface area contributed by atoms with E-state index in [1.807, 2.05) is 23.1 Å². The molecule has 2 fully saturated rings. The van der Waals surface area contributed by atoms with Gasteiger partial charge in [-0.3, -0.25) is 19.6 Å². The molecule has 2 aliphatic carbocycles. The molecule has 0 bridgehead atoms. The number of nitrogens with two attached hydrogens (primary N) is 1. The maximum Gasteiger partial charge on any atom is 0.261 e. The number of hydrogen-bond donors (Lipinski definition) is 3. The van der Waals surface area contributed by atoms with E-state index in [2.05, 4.69) is 28.9 Å². The highest BCUT2D eigenvalue weighted by molar-refractivity contribution is 6.11. The molecule has 2 saturated carbocycles. The van der Waals surface area contributed by atoms with Crippen molar-refractivity contribution in [2.24, 2.45) is 21.6 Å². The number of carbonyl (C=O) groups is 1. The second-order valence-corrected chi connectivity index (χ2v) is 10.9. The third-order valence-corrected chi connectivity index (χ3v) is 8.58. The average Bonchev–Trinajstić information content (AvgIpc) is 3.48. The highest BCUT2D eigenvalue weighted by Gasteiger charge is 2.36. The van der Waals surface area contributed by atoms with Crippen molar-refractivity contribution in [1.29, 1.82) is 0 Å². The Bertz CT molecular complexity index is 1260. The number of rotatable bonds is 6. The largest absolute Gasteiger partial charge is 0.340 e. The first kappa shape index (κ1) is 25.4. The number of benzene rings is 1. The molecule has 1 aliphatic heterocycles. The van der Waals surface area contributed by atoms with Crippen LogP contribution in [-0.2, 0) is 6.54 Å². The van der Waals surface area contributed by atoms with Gasteiger partial charge in [0.25, 0.3) is 11.5 Å². The molecule has 3 aliphatic rings. The standard InChI is InChI=1S/C29H38N6O2/c1-29(14-7-3-4-8-20(29)17-30)34-26(25-24(31-2)13-15-32-27(25)36)33-21-11-12-23-19(16-21)18-35(28(23)37)22-9-5-6-10-22/h11-13,15-16,20,22H,2-10,14,17-18,30H2,1H3,(H,32,36)(H,33,34)/t20-,29-/m0/s1. The molecule has 196 valence electrons. The van der Waals surface area contributed by atoms with Crippen LogP contribution in [0.4, 0.5) is 11.4 Å². The van der Waals surface area contributed by atoms with Crippen LogP contribution < -0.4 is 16.6 Å². The molecular weight excluding hydrogens is 464 g/mol. The van der Waals surface area contributed by atoms with Crippen molar-refractivity contribution in [1.82, 2.24) is 9.88 Å². The monoisotopic (exact) mass is 502 g/mol. The van der Waals surface area contributed by atoms with Gasteiger partial charge in [-0.2, -0.15) is 0 Å². The number of anilines is 1. The van der Waals surface area contributed by atoms with Gasteiger partial charge in [0.05, 0.1) is 11.2 Å². The predicted molar refractivity (Wildman–Crippen MR) is 149 cm³/mol. The Morgan fingerprint density at radius 2 is 1.95 bits per heavy atom. The molecule has 0 saturated heterocycles. The van der Waals surface area contributed by atoms with Gasteiger partial charge in [-0.1, -0.05) is 32.1 Å². The lowest BCUT2D eigenvalue weighted by Gasteiger charge is -2.33. The van der Waals surface area contributed by atoms with E-state index in [0.717, 1.165) is 61.8 Å². The number of nitrogens with one attached hydrogen (secondary N) is 2. The fraction of sp³-hybridized carbons (Fsp3) is 0.517. The average molecular weight is 503 g/mol. The third kappa shape index (κ3) is 4.99. The van der Waals surface area contributed by atoms with Gasteiger partial charge in [-0.25, -0.2) is 0 Å². The number of amidine groups is 1. The van der Waals surface area contributed by atoms with Crippen molar-refractivity contribution in [2.75, 3.05) is 11.9 Å². The summed E-state index contributed by atoms with van der Waals surface area (Å²) in [4.78, 5) is 40.3. The number of nitrogens with zero attached hydrogens (tertiary/aromatic N) is 3. The van der Waals surface area contributed by atoms with Gasteiger partial charge >= 0.3 is 0 Å². The first-order valence-corrected chi connectivity index (χ1v) is 13.6.